The number of halogens is 2. The van der Waals surface area contributed by atoms with Gasteiger partial charge < -0.3 is 5.73 Å². The Morgan fingerprint density at radius 2 is 2.11 bits per heavy atom. The summed E-state index contributed by atoms with van der Waals surface area (Å²) in [7, 11) is 0. The predicted molar refractivity (Wildman–Crippen MR) is 78.2 cm³/mol. The van der Waals surface area contributed by atoms with Gasteiger partial charge in [0.05, 0.1) is 10.0 Å². The standard InChI is InChI=1S/C14H20Cl2N2/c1-9-6-10(2)18(8-9)13(7-17)11-4-3-5-12(15)14(11)16/h3-5,9-10,13H,6-8,17H2,1-2H3. The molecule has 0 saturated carbocycles. The van der Waals surface area contributed by atoms with E-state index in [0.29, 0.717) is 28.5 Å². The predicted octanol–water partition coefficient (Wildman–Crippen LogP) is 3.72. The third kappa shape index (κ3) is 2.67. The van der Waals surface area contributed by atoms with Crippen LogP contribution in [0.5, 0.6) is 0 Å². The molecule has 1 aromatic carbocycles. The van der Waals surface area contributed by atoms with E-state index in [1.165, 1.54) is 6.42 Å². The van der Waals surface area contributed by atoms with E-state index < -0.39 is 0 Å². The van der Waals surface area contributed by atoms with Gasteiger partial charge in [-0.1, -0.05) is 42.3 Å². The first-order valence-electron chi connectivity index (χ1n) is 6.44. The summed E-state index contributed by atoms with van der Waals surface area (Å²) < 4.78 is 0. The van der Waals surface area contributed by atoms with E-state index in [9.17, 15) is 0 Å². The van der Waals surface area contributed by atoms with Crippen LogP contribution in [0.4, 0.5) is 0 Å². The van der Waals surface area contributed by atoms with Gasteiger partial charge in [0.2, 0.25) is 0 Å². The lowest BCUT2D eigenvalue weighted by Gasteiger charge is -2.31. The minimum Gasteiger partial charge on any atom is -0.329 e. The number of hydrogen-bond donors (Lipinski definition) is 1. The summed E-state index contributed by atoms with van der Waals surface area (Å²) in [5.41, 5.74) is 7.02. The van der Waals surface area contributed by atoms with Crippen LogP contribution in [0.25, 0.3) is 0 Å². The summed E-state index contributed by atoms with van der Waals surface area (Å²) in [4.78, 5) is 2.45. The number of benzene rings is 1. The number of likely N-dealkylation sites (tertiary alicyclic amines) is 1. The van der Waals surface area contributed by atoms with Crippen LogP contribution in [0, 0.1) is 5.92 Å². The Morgan fingerprint density at radius 3 is 2.67 bits per heavy atom. The fourth-order valence-corrected chi connectivity index (χ4v) is 3.42. The summed E-state index contributed by atoms with van der Waals surface area (Å²) in [5.74, 6) is 0.715. The van der Waals surface area contributed by atoms with Gasteiger partial charge in [0, 0.05) is 25.2 Å². The normalized spacial score (nSPS) is 26.5. The third-order valence-electron chi connectivity index (χ3n) is 3.80. The molecule has 0 bridgehead atoms. The summed E-state index contributed by atoms with van der Waals surface area (Å²) >= 11 is 12.4. The number of hydrogen-bond acceptors (Lipinski definition) is 2. The molecule has 2 rings (SSSR count). The molecule has 1 heterocycles. The van der Waals surface area contributed by atoms with Gasteiger partial charge in [0.25, 0.3) is 0 Å². The second kappa shape index (κ2) is 5.79. The van der Waals surface area contributed by atoms with Gasteiger partial charge in [-0.2, -0.15) is 0 Å². The molecule has 1 saturated heterocycles. The van der Waals surface area contributed by atoms with Crippen molar-refractivity contribution in [1.82, 2.24) is 4.90 Å². The summed E-state index contributed by atoms with van der Waals surface area (Å²) in [5, 5.41) is 1.24. The van der Waals surface area contributed by atoms with Crippen LogP contribution in [0.3, 0.4) is 0 Å². The number of nitrogens with zero attached hydrogens (tertiary/aromatic N) is 1. The molecule has 0 amide bonds. The van der Waals surface area contributed by atoms with E-state index in [4.69, 9.17) is 28.9 Å². The van der Waals surface area contributed by atoms with Gasteiger partial charge in [-0.3, -0.25) is 4.90 Å². The van der Waals surface area contributed by atoms with Gasteiger partial charge in [-0.05, 0) is 30.9 Å². The quantitative estimate of drug-likeness (QED) is 0.918. The molecule has 1 fully saturated rings. The number of rotatable bonds is 3. The fraction of sp³-hybridized carbons (Fsp3) is 0.571. The van der Waals surface area contributed by atoms with Gasteiger partial charge in [-0.15, -0.1) is 0 Å². The molecule has 3 unspecified atom stereocenters. The highest BCUT2D eigenvalue weighted by atomic mass is 35.5. The fourth-order valence-electron chi connectivity index (χ4n) is 2.99. The van der Waals surface area contributed by atoms with Gasteiger partial charge in [-0.25, -0.2) is 0 Å². The third-order valence-corrected chi connectivity index (χ3v) is 4.63. The van der Waals surface area contributed by atoms with Crippen molar-refractivity contribution in [3.63, 3.8) is 0 Å². The van der Waals surface area contributed by atoms with Gasteiger partial charge >= 0.3 is 0 Å². The van der Waals surface area contributed by atoms with Crippen molar-refractivity contribution in [3.05, 3.63) is 33.8 Å². The van der Waals surface area contributed by atoms with Crippen molar-refractivity contribution in [1.29, 1.82) is 0 Å². The average Bonchev–Trinajstić information content (AvgIpc) is 2.65. The molecule has 18 heavy (non-hydrogen) atoms. The highest BCUT2D eigenvalue weighted by molar-refractivity contribution is 6.42. The minimum absolute atomic E-state index is 0.163. The summed E-state index contributed by atoms with van der Waals surface area (Å²) in [6, 6.07) is 6.49. The molecular weight excluding hydrogens is 267 g/mol. The van der Waals surface area contributed by atoms with E-state index in [1.807, 2.05) is 18.2 Å². The van der Waals surface area contributed by atoms with Crippen LogP contribution < -0.4 is 5.73 Å². The molecule has 1 aromatic rings. The first-order chi connectivity index (χ1) is 8.54. The Balaban J connectivity index is 2.31. The minimum atomic E-state index is 0.163. The average molecular weight is 287 g/mol. The maximum absolute atomic E-state index is 6.32. The highest BCUT2D eigenvalue weighted by Crippen LogP contribution is 2.36. The van der Waals surface area contributed by atoms with E-state index in [0.717, 1.165) is 12.1 Å². The first-order valence-corrected chi connectivity index (χ1v) is 7.20. The van der Waals surface area contributed by atoms with E-state index in [1.54, 1.807) is 0 Å². The zero-order chi connectivity index (χ0) is 13.3. The monoisotopic (exact) mass is 286 g/mol. The Hall–Kier alpha value is -0.280. The Bertz CT molecular complexity index is 422. The number of nitrogens with two attached hydrogens (primary N) is 1. The largest absolute Gasteiger partial charge is 0.329 e. The van der Waals surface area contributed by atoms with Gasteiger partial charge in [0.15, 0.2) is 0 Å². The zero-order valence-electron chi connectivity index (χ0n) is 10.9. The molecule has 2 nitrogen and oxygen atoms in total. The van der Waals surface area contributed by atoms with Crippen LogP contribution in [0.1, 0.15) is 31.9 Å². The maximum Gasteiger partial charge on any atom is 0.0640 e. The molecular formula is C14H20Cl2N2. The summed E-state index contributed by atoms with van der Waals surface area (Å²) in [6.45, 7) is 6.18. The lowest BCUT2D eigenvalue weighted by Crippen LogP contribution is -2.36. The van der Waals surface area contributed by atoms with Crippen molar-refractivity contribution >= 4 is 23.2 Å². The molecule has 1 aliphatic heterocycles. The van der Waals surface area contributed by atoms with Crippen molar-refractivity contribution in [2.45, 2.75) is 32.4 Å². The Morgan fingerprint density at radius 1 is 1.39 bits per heavy atom. The molecule has 0 radical (unpaired) electrons. The highest BCUT2D eigenvalue weighted by Gasteiger charge is 2.32. The lowest BCUT2D eigenvalue weighted by atomic mass is 10.0. The molecule has 0 aliphatic carbocycles. The Labute approximate surface area is 119 Å². The molecule has 2 N–H and O–H groups in total. The zero-order valence-corrected chi connectivity index (χ0v) is 12.4. The molecule has 3 atom stereocenters. The van der Waals surface area contributed by atoms with Crippen LogP contribution in [-0.4, -0.2) is 24.0 Å². The smallest absolute Gasteiger partial charge is 0.0640 e. The van der Waals surface area contributed by atoms with Crippen molar-refractivity contribution in [2.75, 3.05) is 13.1 Å². The molecule has 1 aliphatic rings. The Kier molecular flexibility index (Phi) is 4.54. The van der Waals surface area contributed by atoms with Crippen LogP contribution >= 0.6 is 23.2 Å². The SMILES string of the molecule is CC1CC(C)N(C(CN)c2cccc(Cl)c2Cl)C1. The molecule has 100 valence electrons. The van der Waals surface area contributed by atoms with E-state index in [2.05, 4.69) is 18.7 Å². The van der Waals surface area contributed by atoms with Crippen LogP contribution in [0.2, 0.25) is 10.0 Å². The van der Waals surface area contributed by atoms with Gasteiger partial charge in [0.1, 0.15) is 0 Å². The molecule has 4 heteroatoms. The van der Waals surface area contributed by atoms with E-state index in [-0.39, 0.29) is 6.04 Å². The summed E-state index contributed by atoms with van der Waals surface area (Å²) in [6.07, 6.45) is 1.22. The van der Waals surface area contributed by atoms with Crippen molar-refractivity contribution in [2.24, 2.45) is 11.7 Å². The topological polar surface area (TPSA) is 29.3 Å². The van der Waals surface area contributed by atoms with Crippen LogP contribution in [-0.2, 0) is 0 Å². The van der Waals surface area contributed by atoms with Crippen LogP contribution in [0.15, 0.2) is 18.2 Å². The first kappa shape index (κ1) is 14.1. The van der Waals surface area contributed by atoms with Crippen molar-refractivity contribution < 1.29 is 0 Å². The van der Waals surface area contributed by atoms with E-state index >= 15 is 0 Å². The van der Waals surface area contributed by atoms with Crippen molar-refractivity contribution in [3.8, 4) is 0 Å². The molecule has 0 spiro atoms. The second-order valence-electron chi connectivity index (χ2n) is 5.28. The maximum atomic E-state index is 6.32. The lowest BCUT2D eigenvalue weighted by molar-refractivity contribution is 0.192. The second-order valence-corrected chi connectivity index (χ2v) is 6.07. The molecule has 0 aromatic heterocycles.